The number of methoxy groups -OCH3 is 1. The van der Waals surface area contributed by atoms with E-state index >= 15 is 0 Å². The molecule has 0 unspecified atom stereocenters. The van der Waals surface area contributed by atoms with Crippen LogP contribution in [0.1, 0.15) is 24.8 Å². The molecule has 1 aromatic rings. The number of benzene rings is 1. The Morgan fingerprint density at radius 1 is 1.40 bits per heavy atom. The molecule has 1 aromatic carbocycles. The molecule has 1 amide bonds. The Balaban J connectivity index is 1.28. The number of hydrogen-bond donors (Lipinski definition) is 0. The minimum absolute atomic E-state index is 0.0819. The number of ether oxygens (including phenoxy) is 2. The molecule has 3 aliphatic rings. The first-order chi connectivity index (χ1) is 12.1. The standard InChI is InChI=1S/C19H24FNO3S/c1-23-17-7-15(20)5-4-14(17)6-18(22)21-11-19(12-21)8-16(10-25-19)24-9-13-2-3-13/h4-5,7,13,16H,2-3,6,8-12H2,1H3/t16-/m0/s1. The van der Waals surface area contributed by atoms with Gasteiger partial charge in [0.15, 0.2) is 0 Å². The van der Waals surface area contributed by atoms with Crippen LogP contribution in [0.15, 0.2) is 18.2 Å². The molecule has 4 nitrogen and oxygen atoms in total. The SMILES string of the molecule is COc1cc(F)ccc1CC(=O)N1CC2(C[C@H](OCC3CC3)CS2)C1. The second kappa shape index (κ2) is 6.80. The van der Waals surface area contributed by atoms with Crippen molar-refractivity contribution >= 4 is 17.7 Å². The van der Waals surface area contributed by atoms with Gasteiger partial charge in [0.2, 0.25) is 5.91 Å². The molecule has 0 bridgehead atoms. The highest BCUT2D eigenvalue weighted by Gasteiger charge is 2.50. The van der Waals surface area contributed by atoms with E-state index in [1.165, 1.54) is 32.1 Å². The predicted octanol–water partition coefficient (Wildman–Crippen LogP) is 2.89. The molecular formula is C19H24FNO3S. The van der Waals surface area contributed by atoms with Gasteiger partial charge in [-0.25, -0.2) is 4.39 Å². The molecule has 1 saturated carbocycles. The van der Waals surface area contributed by atoms with Gasteiger partial charge in [-0.3, -0.25) is 4.79 Å². The van der Waals surface area contributed by atoms with Gasteiger partial charge in [-0.1, -0.05) is 6.07 Å². The van der Waals surface area contributed by atoms with Gasteiger partial charge in [0, 0.05) is 37.1 Å². The summed E-state index contributed by atoms with van der Waals surface area (Å²) in [5, 5.41) is 0. The molecule has 136 valence electrons. The molecule has 1 atom stereocenters. The lowest BCUT2D eigenvalue weighted by Gasteiger charge is -2.47. The maximum atomic E-state index is 13.3. The number of halogens is 1. The van der Waals surface area contributed by atoms with Crippen molar-refractivity contribution in [3.63, 3.8) is 0 Å². The highest BCUT2D eigenvalue weighted by atomic mass is 32.2. The monoisotopic (exact) mass is 365 g/mol. The maximum absolute atomic E-state index is 13.3. The fourth-order valence-electron chi connectivity index (χ4n) is 3.65. The lowest BCUT2D eigenvalue weighted by Crippen LogP contribution is -2.61. The highest BCUT2D eigenvalue weighted by Crippen LogP contribution is 2.46. The molecule has 1 spiro atoms. The second-order valence-electron chi connectivity index (χ2n) is 7.48. The summed E-state index contributed by atoms with van der Waals surface area (Å²) in [7, 11) is 1.50. The first kappa shape index (κ1) is 17.2. The van der Waals surface area contributed by atoms with E-state index in [9.17, 15) is 9.18 Å². The van der Waals surface area contributed by atoms with E-state index in [1.807, 2.05) is 16.7 Å². The van der Waals surface area contributed by atoms with Gasteiger partial charge in [0.05, 0.1) is 24.4 Å². The molecule has 1 aliphatic carbocycles. The molecule has 25 heavy (non-hydrogen) atoms. The molecule has 4 rings (SSSR count). The van der Waals surface area contributed by atoms with Crippen molar-refractivity contribution < 1.29 is 18.7 Å². The summed E-state index contributed by atoms with van der Waals surface area (Å²) in [6.07, 6.45) is 4.29. The van der Waals surface area contributed by atoms with Crippen LogP contribution >= 0.6 is 11.8 Å². The minimum atomic E-state index is -0.351. The summed E-state index contributed by atoms with van der Waals surface area (Å²) in [6, 6.07) is 4.33. The van der Waals surface area contributed by atoms with Crippen molar-refractivity contribution in [1.82, 2.24) is 4.90 Å². The van der Waals surface area contributed by atoms with Crippen LogP contribution in [0.25, 0.3) is 0 Å². The Morgan fingerprint density at radius 3 is 2.92 bits per heavy atom. The molecule has 0 radical (unpaired) electrons. The molecule has 0 aromatic heterocycles. The molecule has 6 heteroatoms. The smallest absolute Gasteiger partial charge is 0.227 e. The quantitative estimate of drug-likeness (QED) is 0.777. The molecule has 0 N–H and O–H groups in total. The Kier molecular flexibility index (Phi) is 4.67. The van der Waals surface area contributed by atoms with Crippen molar-refractivity contribution in [3.8, 4) is 5.75 Å². The van der Waals surface area contributed by atoms with Crippen LogP contribution in [0.2, 0.25) is 0 Å². The zero-order valence-electron chi connectivity index (χ0n) is 14.5. The van der Waals surface area contributed by atoms with Gasteiger partial charge in [0.1, 0.15) is 11.6 Å². The average molecular weight is 365 g/mol. The van der Waals surface area contributed by atoms with E-state index in [1.54, 1.807) is 6.07 Å². The van der Waals surface area contributed by atoms with Crippen LogP contribution in [0.4, 0.5) is 4.39 Å². The van der Waals surface area contributed by atoms with Crippen molar-refractivity contribution in [2.24, 2.45) is 5.92 Å². The number of rotatable bonds is 6. The van der Waals surface area contributed by atoms with Gasteiger partial charge >= 0.3 is 0 Å². The van der Waals surface area contributed by atoms with Gasteiger partial charge in [0.25, 0.3) is 0 Å². The largest absolute Gasteiger partial charge is 0.496 e. The van der Waals surface area contributed by atoms with Crippen molar-refractivity contribution in [2.75, 3.05) is 32.6 Å². The summed E-state index contributed by atoms with van der Waals surface area (Å²) in [4.78, 5) is 14.4. The molecular weight excluding hydrogens is 341 g/mol. The van der Waals surface area contributed by atoms with E-state index in [2.05, 4.69) is 0 Å². The Bertz CT molecular complexity index is 658. The van der Waals surface area contributed by atoms with Crippen molar-refractivity contribution in [1.29, 1.82) is 0 Å². The summed E-state index contributed by atoms with van der Waals surface area (Å²) in [5.41, 5.74) is 0.736. The first-order valence-electron chi connectivity index (χ1n) is 8.93. The number of carbonyl (C=O) groups is 1. The van der Waals surface area contributed by atoms with E-state index < -0.39 is 0 Å². The van der Waals surface area contributed by atoms with Gasteiger partial charge in [-0.05, 0) is 31.2 Å². The predicted molar refractivity (Wildman–Crippen MR) is 95.5 cm³/mol. The molecule has 2 saturated heterocycles. The number of hydrogen-bond acceptors (Lipinski definition) is 4. The maximum Gasteiger partial charge on any atom is 0.227 e. The fraction of sp³-hybridized carbons (Fsp3) is 0.632. The van der Waals surface area contributed by atoms with Crippen molar-refractivity contribution in [2.45, 2.75) is 36.5 Å². The summed E-state index contributed by atoms with van der Waals surface area (Å²) in [5.74, 6) is 2.01. The van der Waals surface area contributed by atoms with Crippen LogP contribution in [0.5, 0.6) is 5.75 Å². The zero-order valence-corrected chi connectivity index (χ0v) is 15.3. The lowest BCUT2D eigenvalue weighted by atomic mass is 9.92. The van der Waals surface area contributed by atoms with Crippen LogP contribution in [0.3, 0.4) is 0 Å². The number of amides is 1. The Labute approximate surface area is 152 Å². The summed E-state index contributed by atoms with van der Waals surface area (Å²) < 4.78 is 24.7. The first-order valence-corrected chi connectivity index (χ1v) is 9.91. The molecule has 2 heterocycles. The van der Waals surface area contributed by atoms with Crippen molar-refractivity contribution in [3.05, 3.63) is 29.6 Å². The topological polar surface area (TPSA) is 38.8 Å². The van der Waals surface area contributed by atoms with Crippen LogP contribution < -0.4 is 4.74 Å². The van der Waals surface area contributed by atoms with E-state index in [4.69, 9.17) is 9.47 Å². The summed E-state index contributed by atoms with van der Waals surface area (Å²) in [6.45, 7) is 2.50. The summed E-state index contributed by atoms with van der Waals surface area (Å²) >= 11 is 1.96. The third kappa shape index (κ3) is 3.80. The van der Waals surface area contributed by atoms with Gasteiger partial charge in [-0.15, -0.1) is 11.8 Å². The number of nitrogens with zero attached hydrogens (tertiary/aromatic N) is 1. The number of likely N-dealkylation sites (tertiary alicyclic amines) is 1. The fourth-order valence-corrected chi connectivity index (χ4v) is 5.20. The highest BCUT2D eigenvalue weighted by molar-refractivity contribution is 8.01. The van der Waals surface area contributed by atoms with E-state index in [0.717, 1.165) is 43.4 Å². The number of thioether (sulfide) groups is 1. The Hall–Kier alpha value is -1.27. The molecule has 2 aliphatic heterocycles. The van der Waals surface area contributed by atoms with Crippen LogP contribution in [-0.2, 0) is 16.0 Å². The minimum Gasteiger partial charge on any atom is -0.496 e. The van der Waals surface area contributed by atoms with Crippen LogP contribution in [0, 0.1) is 11.7 Å². The molecule has 3 fully saturated rings. The second-order valence-corrected chi connectivity index (χ2v) is 8.97. The van der Waals surface area contributed by atoms with Gasteiger partial charge < -0.3 is 14.4 Å². The van der Waals surface area contributed by atoms with Crippen LogP contribution in [-0.4, -0.2) is 54.2 Å². The van der Waals surface area contributed by atoms with E-state index in [0.29, 0.717) is 11.9 Å². The average Bonchev–Trinajstić information content (AvgIpc) is 3.30. The number of carbonyl (C=O) groups excluding carboxylic acids is 1. The third-order valence-corrected chi connectivity index (χ3v) is 6.92. The third-order valence-electron chi connectivity index (χ3n) is 5.34. The lowest BCUT2D eigenvalue weighted by molar-refractivity contribution is -0.136. The normalized spacial score (nSPS) is 24.4. The van der Waals surface area contributed by atoms with E-state index in [-0.39, 0.29) is 22.9 Å². The Morgan fingerprint density at radius 2 is 2.20 bits per heavy atom. The zero-order chi connectivity index (χ0) is 17.4. The van der Waals surface area contributed by atoms with Gasteiger partial charge in [-0.2, -0.15) is 0 Å².